The Morgan fingerprint density at radius 1 is 1.55 bits per heavy atom. The number of nitrogens with zero attached hydrogens (tertiary/aromatic N) is 1. The number of hydrogen-bond acceptors (Lipinski definition) is 1. The molecule has 1 aromatic rings. The van der Waals surface area contributed by atoms with E-state index in [0.29, 0.717) is 10.7 Å². The Bertz CT molecular complexity index is 302. The number of aromatic nitrogens is 1. The van der Waals surface area contributed by atoms with Gasteiger partial charge in [0, 0.05) is 0 Å². The number of terminal acetylenes is 1. The van der Waals surface area contributed by atoms with Crippen LogP contribution in [0, 0.1) is 19.3 Å². The summed E-state index contributed by atoms with van der Waals surface area (Å²) in [5.74, 6) is 2.44. The van der Waals surface area contributed by atoms with Crippen LogP contribution in [0.25, 0.3) is 0 Å². The minimum absolute atomic E-state index is 0.289. The molecule has 0 radical (unpaired) electrons. The number of halogens is 2. The van der Waals surface area contributed by atoms with E-state index in [1.165, 1.54) is 0 Å². The summed E-state index contributed by atoms with van der Waals surface area (Å²) in [6, 6.07) is 1.68. The van der Waals surface area contributed by atoms with Crippen LogP contribution in [0.3, 0.4) is 0 Å². The normalized spacial score (nSPS) is 9.27. The van der Waals surface area contributed by atoms with E-state index in [2.05, 4.69) is 10.9 Å². The molecule has 0 aliphatic carbocycles. The molecular formula is C8H5Cl2N. The fourth-order valence-corrected chi connectivity index (χ4v) is 1.35. The topological polar surface area (TPSA) is 12.9 Å². The van der Waals surface area contributed by atoms with E-state index in [1.807, 2.05) is 6.92 Å². The van der Waals surface area contributed by atoms with Crippen molar-refractivity contribution in [1.29, 1.82) is 0 Å². The monoisotopic (exact) mass is 185 g/mol. The predicted octanol–water partition coefficient (Wildman–Crippen LogP) is 2.68. The van der Waals surface area contributed by atoms with Crippen molar-refractivity contribution in [1.82, 2.24) is 4.98 Å². The molecule has 3 heteroatoms. The molecule has 1 heterocycles. The maximum absolute atomic E-state index is 5.70. The Morgan fingerprint density at radius 2 is 2.18 bits per heavy atom. The zero-order chi connectivity index (χ0) is 8.43. The fraction of sp³-hybridized carbons (Fsp3) is 0.125. The Labute approximate surface area is 75.4 Å². The first-order valence-corrected chi connectivity index (χ1v) is 3.70. The summed E-state index contributed by atoms with van der Waals surface area (Å²) in [6.07, 6.45) is 5.18. The third kappa shape index (κ3) is 1.65. The van der Waals surface area contributed by atoms with Crippen LogP contribution >= 0.6 is 23.2 Å². The molecule has 1 rings (SSSR count). The van der Waals surface area contributed by atoms with Gasteiger partial charge >= 0.3 is 0 Å². The van der Waals surface area contributed by atoms with Crippen LogP contribution in [0.4, 0.5) is 0 Å². The van der Waals surface area contributed by atoms with Gasteiger partial charge in [0.15, 0.2) is 0 Å². The number of aryl methyl sites for hydroxylation is 1. The molecule has 0 fully saturated rings. The molecule has 11 heavy (non-hydrogen) atoms. The molecule has 0 aromatic carbocycles. The Morgan fingerprint density at radius 3 is 2.64 bits per heavy atom. The first kappa shape index (κ1) is 8.39. The lowest BCUT2D eigenvalue weighted by molar-refractivity contribution is 1.27. The van der Waals surface area contributed by atoms with E-state index in [0.717, 1.165) is 5.56 Å². The van der Waals surface area contributed by atoms with Crippen LogP contribution < -0.4 is 0 Å². The van der Waals surface area contributed by atoms with Gasteiger partial charge in [-0.1, -0.05) is 29.1 Å². The van der Waals surface area contributed by atoms with Crippen LogP contribution in [0.1, 0.15) is 11.1 Å². The molecule has 0 saturated heterocycles. The van der Waals surface area contributed by atoms with Crippen molar-refractivity contribution in [2.75, 3.05) is 0 Å². The summed E-state index contributed by atoms with van der Waals surface area (Å²) in [4.78, 5) is 3.79. The van der Waals surface area contributed by atoms with Crippen LogP contribution in [0.5, 0.6) is 0 Å². The third-order valence-electron chi connectivity index (χ3n) is 1.29. The molecular weight excluding hydrogens is 181 g/mol. The maximum atomic E-state index is 5.70. The second kappa shape index (κ2) is 3.13. The van der Waals surface area contributed by atoms with E-state index in [-0.39, 0.29) is 5.15 Å². The molecule has 1 aromatic heterocycles. The van der Waals surface area contributed by atoms with Gasteiger partial charge in [0.1, 0.15) is 10.3 Å². The Kier molecular flexibility index (Phi) is 2.38. The minimum Gasteiger partial charge on any atom is -0.223 e. The second-order valence-corrected chi connectivity index (χ2v) is 2.82. The average Bonchev–Trinajstić information content (AvgIpc) is 1.85. The Balaban J connectivity index is 3.40. The lowest BCUT2D eigenvalue weighted by atomic mass is 10.2. The highest BCUT2D eigenvalue weighted by atomic mass is 35.5. The second-order valence-electron chi connectivity index (χ2n) is 2.07. The quantitative estimate of drug-likeness (QED) is 0.448. The number of pyridine rings is 1. The zero-order valence-corrected chi connectivity index (χ0v) is 7.37. The fourth-order valence-electron chi connectivity index (χ4n) is 0.769. The number of rotatable bonds is 0. The molecule has 56 valence electrons. The standard InChI is InChI=1S/C8H5Cl2N/c1-3-6-5(2)4-7(9)11-8(6)10/h1,4H,2H3. The van der Waals surface area contributed by atoms with Crippen LogP contribution in [0.2, 0.25) is 10.3 Å². The highest BCUT2D eigenvalue weighted by Crippen LogP contribution is 2.19. The molecule has 0 aliphatic rings. The summed E-state index contributed by atoms with van der Waals surface area (Å²) in [5, 5.41) is 0.656. The number of hydrogen-bond donors (Lipinski definition) is 0. The highest BCUT2D eigenvalue weighted by molar-refractivity contribution is 6.33. The summed E-state index contributed by atoms with van der Waals surface area (Å²) >= 11 is 11.3. The molecule has 0 unspecified atom stereocenters. The molecule has 0 N–H and O–H groups in total. The predicted molar refractivity (Wildman–Crippen MR) is 46.9 cm³/mol. The molecule has 0 saturated carbocycles. The van der Waals surface area contributed by atoms with Gasteiger partial charge < -0.3 is 0 Å². The highest BCUT2D eigenvalue weighted by Gasteiger charge is 2.03. The van der Waals surface area contributed by atoms with Crippen molar-refractivity contribution in [2.45, 2.75) is 6.92 Å². The maximum Gasteiger partial charge on any atom is 0.146 e. The summed E-state index contributed by atoms with van der Waals surface area (Å²) < 4.78 is 0. The molecule has 0 bridgehead atoms. The van der Waals surface area contributed by atoms with E-state index in [4.69, 9.17) is 29.6 Å². The summed E-state index contributed by atoms with van der Waals surface area (Å²) in [5.41, 5.74) is 1.48. The molecule has 0 atom stereocenters. The molecule has 1 nitrogen and oxygen atoms in total. The van der Waals surface area contributed by atoms with Gasteiger partial charge in [-0.3, -0.25) is 0 Å². The van der Waals surface area contributed by atoms with Crippen LogP contribution in [-0.2, 0) is 0 Å². The first-order valence-electron chi connectivity index (χ1n) is 2.94. The van der Waals surface area contributed by atoms with Gasteiger partial charge in [0.05, 0.1) is 5.56 Å². The zero-order valence-electron chi connectivity index (χ0n) is 5.86. The summed E-state index contributed by atoms with van der Waals surface area (Å²) in [7, 11) is 0. The van der Waals surface area contributed by atoms with E-state index < -0.39 is 0 Å². The smallest absolute Gasteiger partial charge is 0.146 e. The van der Waals surface area contributed by atoms with Crippen LogP contribution in [-0.4, -0.2) is 4.98 Å². The van der Waals surface area contributed by atoms with Crippen molar-refractivity contribution in [3.63, 3.8) is 0 Å². The van der Waals surface area contributed by atoms with Gasteiger partial charge in [-0.05, 0) is 18.6 Å². The third-order valence-corrected chi connectivity index (χ3v) is 1.75. The van der Waals surface area contributed by atoms with E-state index in [1.54, 1.807) is 6.07 Å². The summed E-state index contributed by atoms with van der Waals surface area (Å²) in [6.45, 7) is 1.84. The van der Waals surface area contributed by atoms with Gasteiger partial charge in [-0.25, -0.2) is 4.98 Å². The molecule has 0 spiro atoms. The first-order chi connectivity index (χ1) is 5.15. The van der Waals surface area contributed by atoms with Crippen molar-refractivity contribution in [2.24, 2.45) is 0 Å². The lowest BCUT2D eigenvalue weighted by Crippen LogP contribution is -1.87. The Hall–Kier alpha value is -0.710. The van der Waals surface area contributed by atoms with Gasteiger partial charge in [0.2, 0.25) is 0 Å². The van der Waals surface area contributed by atoms with Crippen LogP contribution in [0.15, 0.2) is 6.07 Å². The minimum atomic E-state index is 0.289. The van der Waals surface area contributed by atoms with Gasteiger partial charge in [0.25, 0.3) is 0 Å². The van der Waals surface area contributed by atoms with Crippen molar-refractivity contribution >= 4 is 23.2 Å². The van der Waals surface area contributed by atoms with Gasteiger partial charge in [-0.15, -0.1) is 6.42 Å². The molecule has 0 aliphatic heterocycles. The van der Waals surface area contributed by atoms with Crippen molar-refractivity contribution < 1.29 is 0 Å². The van der Waals surface area contributed by atoms with E-state index in [9.17, 15) is 0 Å². The average molecular weight is 186 g/mol. The van der Waals surface area contributed by atoms with Crippen molar-refractivity contribution in [3.05, 3.63) is 27.5 Å². The van der Waals surface area contributed by atoms with E-state index >= 15 is 0 Å². The largest absolute Gasteiger partial charge is 0.223 e. The van der Waals surface area contributed by atoms with Gasteiger partial charge in [-0.2, -0.15) is 0 Å². The SMILES string of the molecule is C#Cc1c(C)cc(Cl)nc1Cl. The molecule has 0 amide bonds. The lowest BCUT2D eigenvalue weighted by Gasteiger charge is -1.99. The van der Waals surface area contributed by atoms with Crippen molar-refractivity contribution in [3.8, 4) is 12.3 Å².